The lowest BCUT2D eigenvalue weighted by molar-refractivity contribution is -0.898. The first-order chi connectivity index (χ1) is 10.7. The number of carbonyl (C=O) groups is 1. The topological polar surface area (TPSA) is 34.0 Å². The van der Waals surface area contributed by atoms with Crippen molar-refractivity contribution in [2.45, 2.75) is 26.4 Å². The van der Waals surface area contributed by atoms with E-state index >= 15 is 0 Å². The molecule has 22 heavy (non-hydrogen) atoms. The van der Waals surface area contributed by atoms with Gasteiger partial charge in [-0.3, -0.25) is 4.79 Å². The molecule has 1 aromatic rings. The normalized spacial score (nSPS) is 17.1. The first kappa shape index (κ1) is 16.6. The summed E-state index contributed by atoms with van der Waals surface area (Å²) in [6.45, 7) is 12.3. The number of hydrogen-bond acceptors (Lipinski definition) is 2. The van der Waals surface area contributed by atoms with E-state index in [4.69, 9.17) is 4.74 Å². The zero-order valence-electron chi connectivity index (χ0n) is 13.7. The highest BCUT2D eigenvalue weighted by atomic mass is 16.5. The van der Waals surface area contributed by atoms with Crippen molar-refractivity contribution in [2.75, 3.05) is 32.7 Å². The SMILES string of the molecule is C=CC[NH+]1CCN(C(=O)[C@@H](CC)Oc2ccccc2C)CC1. The Bertz CT molecular complexity index is 508. The van der Waals surface area contributed by atoms with Crippen LogP contribution in [0, 0.1) is 6.92 Å². The van der Waals surface area contributed by atoms with Crippen molar-refractivity contribution in [1.29, 1.82) is 0 Å². The molecule has 0 bridgehead atoms. The third-order valence-corrected chi connectivity index (χ3v) is 4.22. The van der Waals surface area contributed by atoms with Crippen LogP contribution in [-0.2, 0) is 4.79 Å². The molecule has 1 amide bonds. The minimum Gasteiger partial charge on any atom is -0.480 e. The Morgan fingerprint density at radius 1 is 1.41 bits per heavy atom. The van der Waals surface area contributed by atoms with Crippen molar-refractivity contribution >= 4 is 5.91 Å². The Morgan fingerprint density at radius 3 is 2.68 bits per heavy atom. The van der Waals surface area contributed by atoms with Crippen LogP contribution in [0.4, 0.5) is 0 Å². The number of aryl methyl sites for hydroxylation is 1. The first-order valence-electron chi connectivity index (χ1n) is 8.11. The number of ether oxygens (including phenoxy) is 1. The average Bonchev–Trinajstić information content (AvgIpc) is 2.54. The van der Waals surface area contributed by atoms with Gasteiger partial charge in [0, 0.05) is 0 Å². The summed E-state index contributed by atoms with van der Waals surface area (Å²) in [4.78, 5) is 16.1. The molecule has 1 atom stereocenters. The number of amides is 1. The summed E-state index contributed by atoms with van der Waals surface area (Å²) >= 11 is 0. The summed E-state index contributed by atoms with van der Waals surface area (Å²) in [6, 6.07) is 7.85. The van der Waals surface area contributed by atoms with E-state index in [1.54, 1.807) is 0 Å². The quantitative estimate of drug-likeness (QED) is 0.798. The second kappa shape index (κ2) is 7.99. The Labute approximate surface area is 133 Å². The predicted octanol–water partition coefficient (Wildman–Crippen LogP) is 1.07. The minimum atomic E-state index is -0.387. The van der Waals surface area contributed by atoms with Gasteiger partial charge in [-0.15, -0.1) is 0 Å². The number of quaternary nitrogens is 1. The lowest BCUT2D eigenvalue weighted by atomic mass is 10.2. The molecule has 4 heteroatoms. The van der Waals surface area contributed by atoms with Crippen LogP contribution in [0.1, 0.15) is 18.9 Å². The van der Waals surface area contributed by atoms with Crippen molar-refractivity contribution in [2.24, 2.45) is 0 Å². The number of rotatable bonds is 6. The van der Waals surface area contributed by atoms with E-state index in [2.05, 4.69) is 6.58 Å². The summed E-state index contributed by atoms with van der Waals surface area (Å²) in [7, 11) is 0. The monoisotopic (exact) mass is 303 g/mol. The molecule has 0 spiro atoms. The van der Waals surface area contributed by atoms with Crippen LogP contribution in [0.25, 0.3) is 0 Å². The smallest absolute Gasteiger partial charge is 0.264 e. The zero-order chi connectivity index (χ0) is 15.9. The highest BCUT2D eigenvalue weighted by Gasteiger charge is 2.29. The van der Waals surface area contributed by atoms with Gasteiger partial charge in [-0.05, 0) is 31.1 Å². The van der Waals surface area contributed by atoms with Crippen LogP contribution >= 0.6 is 0 Å². The van der Waals surface area contributed by atoms with Gasteiger partial charge in [0.1, 0.15) is 5.75 Å². The van der Waals surface area contributed by atoms with E-state index in [1.807, 2.05) is 49.1 Å². The van der Waals surface area contributed by atoms with E-state index in [-0.39, 0.29) is 12.0 Å². The van der Waals surface area contributed by atoms with Gasteiger partial charge in [-0.1, -0.05) is 31.7 Å². The summed E-state index contributed by atoms with van der Waals surface area (Å²) < 4.78 is 5.97. The Morgan fingerprint density at radius 2 is 2.09 bits per heavy atom. The van der Waals surface area contributed by atoms with Crippen molar-refractivity contribution in [3.8, 4) is 5.75 Å². The fraction of sp³-hybridized carbons (Fsp3) is 0.500. The van der Waals surface area contributed by atoms with Gasteiger partial charge < -0.3 is 14.5 Å². The van der Waals surface area contributed by atoms with Gasteiger partial charge in [-0.2, -0.15) is 0 Å². The number of carbonyl (C=O) groups excluding carboxylic acids is 1. The molecule has 1 aliphatic heterocycles. The minimum absolute atomic E-state index is 0.114. The maximum absolute atomic E-state index is 12.7. The molecule has 0 aliphatic carbocycles. The number of hydrogen-bond donors (Lipinski definition) is 1. The van der Waals surface area contributed by atoms with Crippen molar-refractivity contribution in [3.63, 3.8) is 0 Å². The standard InChI is InChI=1S/C18H26N2O2/c1-4-10-19-11-13-20(14-12-19)18(21)16(5-2)22-17-9-7-6-8-15(17)3/h4,6-9,16H,1,5,10-14H2,2-3H3/p+1/t16-/m1/s1. The van der Waals surface area contributed by atoms with Crippen LogP contribution in [0.3, 0.4) is 0 Å². The molecule has 0 radical (unpaired) electrons. The second-order valence-corrected chi connectivity index (χ2v) is 5.85. The first-order valence-corrected chi connectivity index (χ1v) is 8.11. The van der Waals surface area contributed by atoms with Crippen molar-refractivity contribution < 1.29 is 14.4 Å². The highest BCUT2D eigenvalue weighted by molar-refractivity contribution is 5.81. The molecule has 0 saturated carbocycles. The fourth-order valence-corrected chi connectivity index (χ4v) is 2.81. The van der Waals surface area contributed by atoms with Gasteiger partial charge in [0.05, 0.1) is 32.7 Å². The number of para-hydroxylation sites is 1. The number of benzene rings is 1. The van der Waals surface area contributed by atoms with E-state index in [1.165, 1.54) is 4.90 Å². The Hall–Kier alpha value is -1.81. The molecule has 1 aliphatic rings. The van der Waals surface area contributed by atoms with Crippen LogP contribution in [0.15, 0.2) is 36.9 Å². The molecule has 1 N–H and O–H groups in total. The lowest BCUT2D eigenvalue weighted by Crippen LogP contribution is -3.14. The predicted molar refractivity (Wildman–Crippen MR) is 88.2 cm³/mol. The summed E-state index contributed by atoms with van der Waals surface area (Å²) in [5.41, 5.74) is 1.06. The molecule has 1 heterocycles. The summed E-state index contributed by atoms with van der Waals surface area (Å²) in [5.74, 6) is 0.919. The molecular formula is C18H27N2O2+. The van der Waals surface area contributed by atoms with Crippen LogP contribution in [0.2, 0.25) is 0 Å². The summed E-state index contributed by atoms with van der Waals surface area (Å²) in [6.07, 6.45) is 2.25. The van der Waals surface area contributed by atoms with E-state index in [0.717, 1.165) is 44.0 Å². The highest BCUT2D eigenvalue weighted by Crippen LogP contribution is 2.19. The number of piperazine rings is 1. The van der Waals surface area contributed by atoms with Gasteiger partial charge in [0.25, 0.3) is 5.91 Å². The third-order valence-electron chi connectivity index (χ3n) is 4.22. The van der Waals surface area contributed by atoms with Crippen molar-refractivity contribution in [1.82, 2.24) is 4.90 Å². The molecule has 0 unspecified atom stereocenters. The molecule has 120 valence electrons. The number of nitrogens with one attached hydrogen (secondary N) is 1. The van der Waals surface area contributed by atoms with Gasteiger partial charge in [0.2, 0.25) is 0 Å². The van der Waals surface area contributed by atoms with Gasteiger partial charge in [0.15, 0.2) is 6.10 Å². The maximum atomic E-state index is 12.7. The van der Waals surface area contributed by atoms with Crippen LogP contribution in [0.5, 0.6) is 5.75 Å². The molecular weight excluding hydrogens is 276 g/mol. The molecule has 1 aromatic carbocycles. The second-order valence-electron chi connectivity index (χ2n) is 5.85. The van der Waals surface area contributed by atoms with Crippen LogP contribution < -0.4 is 9.64 Å². The van der Waals surface area contributed by atoms with E-state index in [9.17, 15) is 4.79 Å². The number of nitrogens with zero attached hydrogens (tertiary/aromatic N) is 1. The molecule has 1 fully saturated rings. The largest absolute Gasteiger partial charge is 0.480 e. The molecule has 4 nitrogen and oxygen atoms in total. The van der Waals surface area contributed by atoms with Crippen molar-refractivity contribution in [3.05, 3.63) is 42.5 Å². The third kappa shape index (κ3) is 4.10. The average molecular weight is 303 g/mol. The van der Waals surface area contributed by atoms with E-state index in [0.29, 0.717) is 6.42 Å². The molecule has 1 saturated heterocycles. The maximum Gasteiger partial charge on any atom is 0.264 e. The molecule has 0 aromatic heterocycles. The Balaban J connectivity index is 1.95. The van der Waals surface area contributed by atoms with Crippen LogP contribution in [-0.4, -0.2) is 49.6 Å². The molecule has 2 rings (SSSR count). The van der Waals surface area contributed by atoms with Gasteiger partial charge >= 0.3 is 0 Å². The lowest BCUT2D eigenvalue weighted by Gasteiger charge is -2.33. The van der Waals surface area contributed by atoms with Gasteiger partial charge in [-0.25, -0.2) is 0 Å². The van der Waals surface area contributed by atoms with E-state index < -0.39 is 0 Å². The Kier molecular flexibility index (Phi) is 6.01. The fourth-order valence-electron chi connectivity index (χ4n) is 2.81. The zero-order valence-corrected chi connectivity index (χ0v) is 13.7. The summed E-state index contributed by atoms with van der Waals surface area (Å²) in [5, 5.41) is 0.